The first-order chi connectivity index (χ1) is 7.04. The average Bonchev–Trinajstić information content (AvgIpc) is 2.17. The van der Waals surface area contributed by atoms with Gasteiger partial charge in [-0.25, -0.2) is 0 Å². The molecule has 1 aromatic rings. The molecule has 0 atom stereocenters. The number of alkyl halides is 2. The SMILES string of the molecule is COc1cc(C(N)=O)ccc1OC(F)F. The van der Waals surface area contributed by atoms with Crippen molar-refractivity contribution in [2.24, 2.45) is 5.73 Å². The fraction of sp³-hybridized carbons (Fsp3) is 0.222. The summed E-state index contributed by atoms with van der Waals surface area (Å²) < 4.78 is 32.8. The minimum Gasteiger partial charge on any atom is -0.493 e. The Morgan fingerprint density at radius 1 is 1.40 bits per heavy atom. The molecule has 0 saturated carbocycles. The molecule has 0 aliphatic rings. The van der Waals surface area contributed by atoms with Gasteiger partial charge in [-0.05, 0) is 18.2 Å². The summed E-state index contributed by atoms with van der Waals surface area (Å²) in [5.74, 6) is -0.777. The second kappa shape index (κ2) is 4.59. The van der Waals surface area contributed by atoms with Crippen molar-refractivity contribution in [3.63, 3.8) is 0 Å². The van der Waals surface area contributed by atoms with Crippen molar-refractivity contribution >= 4 is 5.91 Å². The Morgan fingerprint density at radius 3 is 2.53 bits per heavy atom. The zero-order valence-corrected chi connectivity index (χ0v) is 7.87. The summed E-state index contributed by atoms with van der Waals surface area (Å²) in [5.41, 5.74) is 5.17. The van der Waals surface area contributed by atoms with E-state index in [9.17, 15) is 13.6 Å². The van der Waals surface area contributed by atoms with Gasteiger partial charge in [-0.3, -0.25) is 4.79 Å². The van der Waals surface area contributed by atoms with Gasteiger partial charge in [-0.1, -0.05) is 0 Å². The quantitative estimate of drug-likeness (QED) is 0.829. The summed E-state index contributed by atoms with van der Waals surface area (Å²) >= 11 is 0. The Kier molecular flexibility index (Phi) is 3.43. The Morgan fingerprint density at radius 2 is 2.07 bits per heavy atom. The van der Waals surface area contributed by atoms with Crippen molar-refractivity contribution in [2.75, 3.05) is 7.11 Å². The van der Waals surface area contributed by atoms with Crippen molar-refractivity contribution in [3.8, 4) is 11.5 Å². The van der Waals surface area contributed by atoms with E-state index < -0.39 is 12.5 Å². The minimum atomic E-state index is -2.95. The number of hydrogen-bond donors (Lipinski definition) is 1. The minimum absolute atomic E-state index is 0.0339. The number of amides is 1. The highest BCUT2D eigenvalue weighted by atomic mass is 19.3. The van der Waals surface area contributed by atoms with Crippen LogP contribution >= 0.6 is 0 Å². The van der Waals surface area contributed by atoms with Gasteiger partial charge < -0.3 is 15.2 Å². The maximum atomic E-state index is 11.9. The molecule has 0 spiro atoms. The lowest BCUT2D eigenvalue weighted by molar-refractivity contribution is -0.0512. The highest BCUT2D eigenvalue weighted by molar-refractivity contribution is 5.93. The Hall–Kier alpha value is -1.85. The fourth-order valence-corrected chi connectivity index (χ4v) is 1.01. The standard InChI is InChI=1S/C9H9F2NO3/c1-14-7-4-5(8(12)13)2-3-6(7)15-9(10)11/h2-4,9H,1H3,(H2,12,13). The van der Waals surface area contributed by atoms with E-state index in [0.717, 1.165) is 0 Å². The molecule has 2 N–H and O–H groups in total. The predicted octanol–water partition coefficient (Wildman–Crippen LogP) is 1.40. The van der Waals surface area contributed by atoms with Crippen LogP contribution in [0.3, 0.4) is 0 Å². The van der Waals surface area contributed by atoms with Crippen LogP contribution in [-0.4, -0.2) is 19.6 Å². The maximum Gasteiger partial charge on any atom is 0.387 e. The zero-order chi connectivity index (χ0) is 11.4. The lowest BCUT2D eigenvalue weighted by atomic mass is 10.2. The summed E-state index contributed by atoms with van der Waals surface area (Å²) in [6, 6.07) is 3.72. The molecule has 0 aromatic heterocycles. The van der Waals surface area contributed by atoms with Crippen molar-refractivity contribution in [1.82, 2.24) is 0 Å². The van der Waals surface area contributed by atoms with Gasteiger partial charge in [-0.15, -0.1) is 0 Å². The van der Waals surface area contributed by atoms with Gasteiger partial charge in [0, 0.05) is 5.56 Å². The van der Waals surface area contributed by atoms with Crippen molar-refractivity contribution in [1.29, 1.82) is 0 Å². The van der Waals surface area contributed by atoms with Crippen LogP contribution in [0.15, 0.2) is 18.2 Å². The number of ether oxygens (including phenoxy) is 2. The van der Waals surface area contributed by atoms with Crippen LogP contribution in [-0.2, 0) is 0 Å². The molecule has 0 aliphatic carbocycles. The van der Waals surface area contributed by atoms with Crippen LogP contribution in [0, 0.1) is 0 Å². The summed E-state index contributed by atoms with van der Waals surface area (Å²) in [5, 5.41) is 0. The van der Waals surface area contributed by atoms with Crippen molar-refractivity contribution in [2.45, 2.75) is 6.61 Å². The zero-order valence-electron chi connectivity index (χ0n) is 7.87. The van der Waals surface area contributed by atoms with E-state index >= 15 is 0 Å². The maximum absolute atomic E-state index is 11.9. The Labute approximate surface area is 84.6 Å². The third kappa shape index (κ3) is 2.80. The van der Waals surface area contributed by atoms with Gasteiger partial charge in [0.2, 0.25) is 5.91 Å². The second-order valence-corrected chi connectivity index (χ2v) is 2.61. The van der Waals surface area contributed by atoms with Crippen molar-refractivity contribution < 1.29 is 23.0 Å². The molecule has 82 valence electrons. The van der Waals surface area contributed by atoms with Gasteiger partial charge in [0.1, 0.15) is 0 Å². The number of carbonyl (C=O) groups excluding carboxylic acids is 1. The smallest absolute Gasteiger partial charge is 0.387 e. The number of methoxy groups -OCH3 is 1. The van der Waals surface area contributed by atoms with E-state index in [1.807, 2.05) is 0 Å². The van der Waals surface area contributed by atoms with E-state index in [1.54, 1.807) is 0 Å². The molecule has 6 heteroatoms. The predicted molar refractivity (Wildman–Crippen MR) is 48.1 cm³/mol. The first-order valence-corrected chi connectivity index (χ1v) is 3.97. The third-order valence-corrected chi connectivity index (χ3v) is 1.66. The molecule has 0 unspecified atom stereocenters. The molecule has 1 aromatic carbocycles. The summed E-state index contributed by atoms with van der Waals surface area (Å²) in [6.45, 7) is -2.95. The van der Waals surface area contributed by atoms with Crippen LogP contribution < -0.4 is 15.2 Å². The van der Waals surface area contributed by atoms with Gasteiger partial charge in [0.25, 0.3) is 0 Å². The van der Waals surface area contributed by atoms with Crippen LogP contribution in [0.4, 0.5) is 8.78 Å². The van der Waals surface area contributed by atoms with Crippen LogP contribution in [0.1, 0.15) is 10.4 Å². The first-order valence-electron chi connectivity index (χ1n) is 3.97. The molecular weight excluding hydrogens is 208 g/mol. The number of carbonyl (C=O) groups is 1. The topological polar surface area (TPSA) is 61.5 Å². The lowest BCUT2D eigenvalue weighted by Crippen LogP contribution is -2.11. The summed E-state index contributed by atoms with van der Waals surface area (Å²) in [4.78, 5) is 10.8. The molecule has 1 amide bonds. The van der Waals surface area contributed by atoms with E-state index in [4.69, 9.17) is 10.5 Å². The normalized spacial score (nSPS) is 10.1. The van der Waals surface area contributed by atoms with Crippen LogP contribution in [0.5, 0.6) is 11.5 Å². The Bertz CT molecular complexity index is 368. The molecule has 15 heavy (non-hydrogen) atoms. The largest absolute Gasteiger partial charge is 0.493 e. The van der Waals surface area contributed by atoms with Crippen molar-refractivity contribution in [3.05, 3.63) is 23.8 Å². The van der Waals surface area contributed by atoms with Gasteiger partial charge in [0.15, 0.2) is 11.5 Å². The number of hydrogen-bond acceptors (Lipinski definition) is 3. The Balaban J connectivity index is 3.03. The van der Waals surface area contributed by atoms with E-state index in [0.29, 0.717) is 0 Å². The fourth-order valence-electron chi connectivity index (χ4n) is 1.01. The molecule has 4 nitrogen and oxygen atoms in total. The molecule has 0 radical (unpaired) electrons. The van der Waals surface area contributed by atoms with Gasteiger partial charge in [-0.2, -0.15) is 8.78 Å². The highest BCUT2D eigenvalue weighted by Gasteiger charge is 2.12. The number of rotatable bonds is 4. The first kappa shape index (κ1) is 11.2. The molecule has 0 heterocycles. The number of benzene rings is 1. The molecule has 0 saturated heterocycles. The van der Waals surface area contributed by atoms with Crippen LogP contribution in [0.25, 0.3) is 0 Å². The number of primary amides is 1. The van der Waals surface area contributed by atoms with Gasteiger partial charge >= 0.3 is 6.61 Å². The molecule has 0 bridgehead atoms. The number of nitrogens with two attached hydrogens (primary N) is 1. The molecule has 0 fully saturated rings. The molecule has 0 aliphatic heterocycles. The summed E-state index contributed by atoms with van der Waals surface area (Å²) in [7, 11) is 1.28. The van der Waals surface area contributed by atoms with E-state index in [-0.39, 0.29) is 17.1 Å². The summed E-state index contributed by atoms with van der Waals surface area (Å²) in [6.07, 6.45) is 0. The monoisotopic (exact) mass is 217 g/mol. The van der Waals surface area contributed by atoms with Crippen LogP contribution in [0.2, 0.25) is 0 Å². The number of halogens is 2. The highest BCUT2D eigenvalue weighted by Crippen LogP contribution is 2.29. The van der Waals surface area contributed by atoms with E-state index in [1.165, 1.54) is 25.3 Å². The third-order valence-electron chi connectivity index (χ3n) is 1.66. The lowest BCUT2D eigenvalue weighted by Gasteiger charge is -2.10. The average molecular weight is 217 g/mol. The molecule has 1 rings (SSSR count). The molecular formula is C9H9F2NO3. The second-order valence-electron chi connectivity index (χ2n) is 2.61. The van der Waals surface area contributed by atoms with Gasteiger partial charge in [0.05, 0.1) is 7.11 Å². The van der Waals surface area contributed by atoms with E-state index in [2.05, 4.69) is 4.74 Å².